The van der Waals surface area contributed by atoms with Crippen LogP contribution in [0.2, 0.25) is 0 Å². The highest BCUT2D eigenvalue weighted by Gasteiger charge is 2.42. The summed E-state index contributed by atoms with van der Waals surface area (Å²) in [5.41, 5.74) is 2.61. The normalized spacial score (nSPS) is 21.6. The van der Waals surface area contributed by atoms with Crippen molar-refractivity contribution in [2.75, 3.05) is 6.26 Å². The Morgan fingerprint density at radius 3 is 2.45 bits per heavy atom. The number of nitrogens with zero attached hydrogens (tertiary/aromatic N) is 3. The summed E-state index contributed by atoms with van der Waals surface area (Å²) in [5, 5.41) is 7.19. The van der Waals surface area contributed by atoms with E-state index in [1.165, 1.54) is 12.3 Å². The van der Waals surface area contributed by atoms with E-state index in [0.717, 1.165) is 39.2 Å². The van der Waals surface area contributed by atoms with E-state index in [9.17, 15) is 17.6 Å². The third kappa shape index (κ3) is 5.17. The lowest BCUT2D eigenvalue weighted by atomic mass is 9.73. The van der Waals surface area contributed by atoms with Gasteiger partial charge in [0.25, 0.3) is 10.0 Å². The van der Waals surface area contributed by atoms with Gasteiger partial charge in [0.05, 0.1) is 11.9 Å². The molecule has 0 saturated heterocycles. The molecule has 2 aromatic carbocycles. The van der Waals surface area contributed by atoms with Crippen LogP contribution in [-0.2, 0) is 27.8 Å². The molecule has 11 heteroatoms. The predicted molar refractivity (Wildman–Crippen MR) is 137 cm³/mol. The van der Waals surface area contributed by atoms with Crippen molar-refractivity contribution in [3.05, 3.63) is 88.2 Å². The number of rotatable bonds is 4. The van der Waals surface area contributed by atoms with Gasteiger partial charge >= 0.3 is 6.09 Å². The van der Waals surface area contributed by atoms with E-state index in [0.29, 0.717) is 25.2 Å². The second-order valence-corrected chi connectivity index (χ2v) is 12.8. The number of fused-ring (bicyclic) bond motifs is 2. The van der Waals surface area contributed by atoms with Crippen LogP contribution in [0.4, 0.5) is 13.6 Å². The zero-order valence-electron chi connectivity index (χ0n) is 21.6. The summed E-state index contributed by atoms with van der Waals surface area (Å²) >= 11 is 0. The highest BCUT2D eigenvalue weighted by Crippen LogP contribution is 2.46. The second-order valence-electron chi connectivity index (χ2n) is 10.9. The lowest BCUT2D eigenvalue weighted by molar-refractivity contribution is 0.0475. The smallest absolute Gasteiger partial charge is 0.407 e. The van der Waals surface area contributed by atoms with Crippen molar-refractivity contribution in [3.8, 4) is 0 Å². The second kappa shape index (κ2) is 9.46. The zero-order chi connectivity index (χ0) is 27.4. The number of alkyl carbamates (subject to hydrolysis) is 1. The lowest BCUT2D eigenvalue weighted by Crippen LogP contribution is -2.47. The predicted octanol–water partition coefficient (Wildman–Crippen LogP) is 4.45. The largest absolute Gasteiger partial charge is 0.444 e. The van der Waals surface area contributed by atoms with Gasteiger partial charge in [-0.05, 0) is 56.5 Å². The summed E-state index contributed by atoms with van der Waals surface area (Å²) in [5.74, 6) is -1.77. The highest BCUT2D eigenvalue weighted by atomic mass is 32.2. The van der Waals surface area contributed by atoms with Crippen LogP contribution in [0.5, 0.6) is 0 Å². The average Bonchev–Trinajstić information content (AvgIpc) is 3.39. The molecule has 1 aliphatic carbocycles. The molecule has 3 aromatic rings. The van der Waals surface area contributed by atoms with Crippen LogP contribution in [0.25, 0.3) is 0 Å². The minimum atomic E-state index is -3.50. The van der Waals surface area contributed by atoms with Gasteiger partial charge in [-0.1, -0.05) is 24.3 Å². The van der Waals surface area contributed by atoms with Crippen molar-refractivity contribution in [3.63, 3.8) is 0 Å². The topological polar surface area (TPSA) is 93.5 Å². The summed E-state index contributed by atoms with van der Waals surface area (Å²) in [6, 6.07) is 10.1. The third-order valence-corrected chi connectivity index (χ3v) is 7.79. The number of benzene rings is 2. The first-order chi connectivity index (χ1) is 17.8. The monoisotopic (exact) mass is 544 g/mol. The van der Waals surface area contributed by atoms with Crippen LogP contribution >= 0.6 is 0 Å². The Morgan fingerprint density at radius 1 is 1.08 bits per heavy atom. The molecular weight excluding hydrogens is 514 g/mol. The van der Waals surface area contributed by atoms with Crippen molar-refractivity contribution >= 4 is 16.1 Å². The van der Waals surface area contributed by atoms with Crippen LogP contribution < -0.4 is 5.32 Å². The maximum atomic E-state index is 15.1. The average molecular weight is 545 g/mol. The molecule has 0 unspecified atom stereocenters. The number of hydrogen-bond acceptors (Lipinski definition) is 6. The Hall–Kier alpha value is -3.31. The maximum Gasteiger partial charge on any atom is 0.407 e. The summed E-state index contributed by atoms with van der Waals surface area (Å²) < 4.78 is 59.8. The first-order valence-electron chi connectivity index (χ1n) is 12.4. The molecule has 0 saturated carbocycles. The molecule has 0 fully saturated rings. The quantitative estimate of drug-likeness (QED) is 0.522. The lowest BCUT2D eigenvalue weighted by Gasteiger charge is -2.42. The number of amides is 1. The molecule has 1 aliphatic heterocycles. The Balaban J connectivity index is 1.54. The number of nitrogens with one attached hydrogen (secondary N) is 1. The van der Waals surface area contributed by atoms with Gasteiger partial charge in [-0.15, -0.1) is 0 Å². The first kappa shape index (κ1) is 26.3. The fourth-order valence-electron chi connectivity index (χ4n) is 5.44. The Kier molecular flexibility index (Phi) is 6.55. The van der Waals surface area contributed by atoms with E-state index < -0.39 is 45.3 Å². The standard InChI is InChI=1S/C27H30F2N4O4S/c1-27(2,3)37-26(34)30-22-12-24(32-13-16-14-33(38(4,35)36)31-23(16)15-32)18-7-5-6-8-19(18)25(22)20-11-17(28)9-10-21(20)29/h5-11,14,22,24-25H,12-13,15H2,1-4H3,(H,30,34)/t22-,24+,25+/m0/s1. The molecule has 1 N–H and O–H groups in total. The van der Waals surface area contributed by atoms with Crippen molar-refractivity contribution in [2.45, 2.75) is 63.9 Å². The van der Waals surface area contributed by atoms with Crippen molar-refractivity contribution in [1.29, 1.82) is 0 Å². The molecule has 5 rings (SSSR count). The van der Waals surface area contributed by atoms with Gasteiger partial charge < -0.3 is 10.1 Å². The number of hydrogen-bond donors (Lipinski definition) is 1. The molecular formula is C27H30F2N4O4S. The number of carbonyl (C=O) groups excluding carboxylic acids is 1. The van der Waals surface area contributed by atoms with Crippen molar-refractivity contribution in [2.24, 2.45) is 0 Å². The van der Waals surface area contributed by atoms with E-state index in [4.69, 9.17) is 4.74 Å². The molecule has 38 heavy (non-hydrogen) atoms. The Bertz CT molecular complexity index is 1480. The minimum absolute atomic E-state index is 0.158. The highest BCUT2D eigenvalue weighted by molar-refractivity contribution is 7.89. The third-order valence-electron chi connectivity index (χ3n) is 6.93. The Morgan fingerprint density at radius 2 is 1.79 bits per heavy atom. The van der Waals surface area contributed by atoms with E-state index in [1.807, 2.05) is 24.3 Å². The molecule has 1 amide bonds. The van der Waals surface area contributed by atoms with E-state index in [-0.39, 0.29) is 11.6 Å². The van der Waals surface area contributed by atoms with Crippen LogP contribution in [0.3, 0.4) is 0 Å². The number of ether oxygens (including phenoxy) is 1. The van der Waals surface area contributed by atoms with Gasteiger partial charge in [-0.2, -0.15) is 9.19 Å². The SMILES string of the molecule is CC(C)(C)OC(=O)N[C@H]1C[C@@H](N2Cc3cn(S(C)(=O)=O)nc3C2)c2ccccc2[C@@H]1c1cc(F)ccc1F. The van der Waals surface area contributed by atoms with E-state index >= 15 is 4.39 Å². The zero-order valence-corrected chi connectivity index (χ0v) is 22.4. The summed E-state index contributed by atoms with van der Waals surface area (Å²) in [6.07, 6.45) is 2.38. The molecule has 0 bridgehead atoms. The molecule has 3 atom stereocenters. The molecule has 2 aliphatic rings. The number of carbonyl (C=O) groups is 1. The summed E-state index contributed by atoms with van der Waals surface area (Å²) in [6.45, 7) is 6.14. The Labute approximate surface area is 220 Å². The number of aromatic nitrogens is 2. The van der Waals surface area contributed by atoms with Gasteiger partial charge in [-0.25, -0.2) is 22.0 Å². The van der Waals surface area contributed by atoms with Crippen molar-refractivity contribution in [1.82, 2.24) is 19.4 Å². The summed E-state index contributed by atoms with van der Waals surface area (Å²) in [4.78, 5) is 15.0. The molecule has 2 heterocycles. The van der Waals surface area contributed by atoms with Crippen LogP contribution in [0.15, 0.2) is 48.7 Å². The van der Waals surface area contributed by atoms with Gasteiger partial charge in [0.2, 0.25) is 0 Å². The summed E-state index contributed by atoms with van der Waals surface area (Å²) in [7, 11) is -3.50. The van der Waals surface area contributed by atoms with E-state index in [1.54, 1.807) is 20.8 Å². The minimum Gasteiger partial charge on any atom is -0.444 e. The first-order valence-corrected chi connectivity index (χ1v) is 14.2. The van der Waals surface area contributed by atoms with Crippen LogP contribution in [-0.4, -0.2) is 46.5 Å². The van der Waals surface area contributed by atoms with Crippen LogP contribution in [0.1, 0.15) is 67.1 Å². The molecule has 8 nitrogen and oxygen atoms in total. The van der Waals surface area contributed by atoms with Gasteiger partial charge in [-0.3, -0.25) is 4.90 Å². The maximum absolute atomic E-state index is 15.1. The van der Waals surface area contributed by atoms with Crippen LogP contribution in [0, 0.1) is 11.6 Å². The molecule has 202 valence electrons. The fourth-order valence-corrected chi connectivity index (χ4v) is 6.01. The molecule has 1 aromatic heterocycles. The number of halogens is 2. The molecule has 0 radical (unpaired) electrons. The van der Waals surface area contributed by atoms with Gasteiger partial charge in [0.15, 0.2) is 0 Å². The van der Waals surface area contributed by atoms with E-state index in [2.05, 4.69) is 15.3 Å². The van der Waals surface area contributed by atoms with Crippen molar-refractivity contribution < 1.29 is 26.7 Å². The van der Waals surface area contributed by atoms with Gasteiger partial charge in [0.1, 0.15) is 17.2 Å². The molecule has 0 spiro atoms. The fraction of sp³-hybridized carbons (Fsp3) is 0.407. The van der Waals surface area contributed by atoms with Gasteiger partial charge in [0, 0.05) is 48.4 Å².